The van der Waals surface area contributed by atoms with E-state index in [-0.39, 0.29) is 30.6 Å². The highest BCUT2D eigenvalue weighted by atomic mass is 16.5. The average Bonchev–Trinajstić information content (AvgIpc) is 3.32. The zero-order valence-corrected chi connectivity index (χ0v) is 11.5. The number of aliphatic hydroxyl groups is 1. The molecule has 1 aliphatic heterocycles. The Bertz CT molecular complexity index is 484. The van der Waals surface area contributed by atoms with E-state index in [9.17, 15) is 9.90 Å². The Morgan fingerprint density at radius 2 is 2.20 bits per heavy atom. The second-order valence-electron chi connectivity index (χ2n) is 5.77. The van der Waals surface area contributed by atoms with Gasteiger partial charge in [0.2, 0.25) is 5.91 Å². The molecule has 108 valence electrons. The van der Waals surface area contributed by atoms with Crippen molar-refractivity contribution < 1.29 is 14.6 Å². The van der Waals surface area contributed by atoms with Crippen molar-refractivity contribution in [1.29, 1.82) is 0 Å². The minimum absolute atomic E-state index is 0.0137. The number of aliphatic hydroxyl groups excluding tert-OH is 1. The Balaban J connectivity index is 1.63. The van der Waals surface area contributed by atoms with Gasteiger partial charge in [-0.1, -0.05) is 24.3 Å². The van der Waals surface area contributed by atoms with Gasteiger partial charge in [0.25, 0.3) is 0 Å². The van der Waals surface area contributed by atoms with Crippen molar-refractivity contribution in [1.82, 2.24) is 5.32 Å². The van der Waals surface area contributed by atoms with Gasteiger partial charge in [-0.2, -0.15) is 0 Å². The molecule has 2 atom stereocenters. The molecule has 0 aromatic heterocycles. The Labute approximate surface area is 119 Å². The quantitative estimate of drug-likeness (QED) is 0.882. The summed E-state index contributed by atoms with van der Waals surface area (Å²) < 4.78 is 5.82. The number of carbonyl (C=O) groups is 1. The first-order valence-electron chi connectivity index (χ1n) is 7.38. The van der Waals surface area contributed by atoms with Crippen molar-refractivity contribution in [3.8, 4) is 0 Å². The molecule has 1 heterocycles. The van der Waals surface area contributed by atoms with Crippen molar-refractivity contribution in [2.24, 2.45) is 5.92 Å². The normalized spacial score (nSPS) is 26.2. The monoisotopic (exact) mass is 275 g/mol. The predicted molar refractivity (Wildman–Crippen MR) is 74.9 cm³/mol. The third-order valence-corrected chi connectivity index (χ3v) is 4.08. The van der Waals surface area contributed by atoms with Crippen LogP contribution in [-0.4, -0.2) is 23.7 Å². The van der Waals surface area contributed by atoms with E-state index in [1.54, 1.807) is 0 Å². The molecule has 0 radical (unpaired) electrons. The fourth-order valence-corrected chi connectivity index (χ4v) is 2.72. The standard InChI is InChI=1S/C16H21NO3/c18-10-11-2-1-3-13(8-11)15-9-14(6-7-20-15)17-16(19)12-4-5-12/h1-3,8,12,14-15,18H,4-7,9-10H2,(H,17,19)/t14-,15-/m1/s1. The van der Waals surface area contributed by atoms with Crippen LogP contribution in [0.15, 0.2) is 24.3 Å². The molecular weight excluding hydrogens is 254 g/mol. The molecule has 3 rings (SSSR count). The van der Waals surface area contributed by atoms with E-state index >= 15 is 0 Å². The van der Waals surface area contributed by atoms with Gasteiger partial charge in [-0.25, -0.2) is 0 Å². The van der Waals surface area contributed by atoms with Crippen molar-refractivity contribution in [2.45, 2.75) is 44.4 Å². The summed E-state index contributed by atoms with van der Waals surface area (Å²) in [5.74, 6) is 0.466. The van der Waals surface area contributed by atoms with E-state index in [4.69, 9.17) is 4.74 Å². The number of benzene rings is 1. The predicted octanol–water partition coefficient (Wildman–Crippen LogP) is 1.93. The molecular formula is C16H21NO3. The van der Waals surface area contributed by atoms with E-state index in [0.717, 1.165) is 36.8 Å². The second kappa shape index (κ2) is 5.94. The number of nitrogens with one attached hydrogen (secondary N) is 1. The maximum absolute atomic E-state index is 11.8. The molecule has 0 bridgehead atoms. The lowest BCUT2D eigenvalue weighted by Crippen LogP contribution is -2.40. The topological polar surface area (TPSA) is 58.6 Å². The fourth-order valence-electron chi connectivity index (χ4n) is 2.72. The molecule has 1 saturated carbocycles. The van der Waals surface area contributed by atoms with Gasteiger partial charge in [-0.05, 0) is 36.8 Å². The number of hydrogen-bond donors (Lipinski definition) is 2. The van der Waals surface area contributed by atoms with Crippen LogP contribution in [0.5, 0.6) is 0 Å². The minimum Gasteiger partial charge on any atom is -0.392 e. The van der Waals surface area contributed by atoms with Crippen molar-refractivity contribution in [3.05, 3.63) is 35.4 Å². The summed E-state index contributed by atoms with van der Waals surface area (Å²) in [6, 6.07) is 8.06. The van der Waals surface area contributed by atoms with E-state index in [1.165, 1.54) is 0 Å². The Kier molecular flexibility index (Phi) is 4.03. The van der Waals surface area contributed by atoms with Crippen LogP contribution in [0.2, 0.25) is 0 Å². The number of carbonyl (C=O) groups excluding carboxylic acids is 1. The van der Waals surface area contributed by atoms with Crippen molar-refractivity contribution in [2.75, 3.05) is 6.61 Å². The van der Waals surface area contributed by atoms with Gasteiger partial charge in [-0.3, -0.25) is 4.79 Å². The Hall–Kier alpha value is -1.39. The van der Waals surface area contributed by atoms with Gasteiger partial charge in [0.15, 0.2) is 0 Å². The summed E-state index contributed by atoms with van der Waals surface area (Å²) in [5, 5.41) is 12.3. The molecule has 2 N–H and O–H groups in total. The maximum Gasteiger partial charge on any atom is 0.223 e. The van der Waals surface area contributed by atoms with Crippen LogP contribution >= 0.6 is 0 Å². The SMILES string of the molecule is O=C(N[C@@H]1CCO[C@@H](c2cccc(CO)c2)C1)C1CC1. The first-order chi connectivity index (χ1) is 9.76. The highest BCUT2D eigenvalue weighted by Crippen LogP contribution is 2.31. The van der Waals surface area contributed by atoms with Gasteiger partial charge < -0.3 is 15.2 Å². The molecule has 1 aliphatic carbocycles. The second-order valence-corrected chi connectivity index (χ2v) is 5.77. The number of rotatable bonds is 4. The molecule has 0 spiro atoms. The highest BCUT2D eigenvalue weighted by molar-refractivity contribution is 5.81. The van der Waals surface area contributed by atoms with Gasteiger partial charge in [0, 0.05) is 18.6 Å². The summed E-state index contributed by atoms with van der Waals surface area (Å²) >= 11 is 0. The lowest BCUT2D eigenvalue weighted by Gasteiger charge is -2.30. The first kappa shape index (κ1) is 13.6. The highest BCUT2D eigenvalue weighted by Gasteiger charge is 2.32. The third kappa shape index (κ3) is 3.19. The summed E-state index contributed by atoms with van der Waals surface area (Å²) in [5.41, 5.74) is 1.98. The van der Waals surface area contributed by atoms with Crippen LogP contribution in [0, 0.1) is 5.92 Å². The largest absolute Gasteiger partial charge is 0.392 e. The van der Waals surface area contributed by atoms with Gasteiger partial charge in [-0.15, -0.1) is 0 Å². The molecule has 1 aromatic carbocycles. The lowest BCUT2D eigenvalue weighted by molar-refractivity contribution is -0.124. The zero-order chi connectivity index (χ0) is 13.9. The van der Waals surface area contributed by atoms with Crippen molar-refractivity contribution >= 4 is 5.91 Å². The van der Waals surface area contributed by atoms with Gasteiger partial charge in [0.1, 0.15) is 0 Å². The molecule has 0 unspecified atom stereocenters. The summed E-state index contributed by atoms with van der Waals surface area (Å²) in [4.78, 5) is 11.8. The van der Waals surface area contributed by atoms with Crippen molar-refractivity contribution in [3.63, 3.8) is 0 Å². The molecule has 1 amide bonds. The molecule has 4 nitrogen and oxygen atoms in total. The van der Waals surface area contributed by atoms with Crippen LogP contribution in [0.1, 0.15) is 42.9 Å². The first-order valence-corrected chi connectivity index (χ1v) is 7.38. The molecule has 1 saturated heterocycles. The zero-order valence-electron chi connectivity index (χ0n) is 11.5. The third-order valence-electron chi connectivity index (χ3n) is 4.08. The summed E-state index contributed by atoms with van der Waals surface area (Å²) in [6.07, 6.45) is 3.79. The van der Waals surface area contributed by atoms with E-state index in [2.05, 4.69) is 5.32 Å². The molecule has 2 fully saturated rings. The summed E-state index contributed by atoms with van der Waals surface area (Å²) in [7, 11) is 0. The molecule has 20 heavy (non-hydrogen) atoms. The molecule has 1 aromatic rings. The van der Waals surface area contributed by atoms with Crippen LogP contribution < -0.4 is 5.32 Å². The van der Waals surface area contributed by atoms with E-state index in [0.29, 0.717) is 6.61 Å². The molecule has 2 aliphatic rings. The maximum atomic E-state index is 11.8. The number of amides is 1. The summed E-state index contributed by atoms with van der Waals surface area (Å²) in [6.45, 7) is 0.714. The van der Waals surface area contributed by atoms with Crippen LogP contribution in [0.25, 0.3) is 0 Å². The average molecular weight is 275 g/mol. The van der Waals surface area contributed by atoms with Crippen LogP contribution in [0.3, 0.4) is 0 Å². The Morgan fingerprint density at radius 3 is 2.95 bits per heavy atom. The fraction of sp³-hybridized carbons (Fsp3) is 0.562. The smallest absolute Gasteiger partial charge is 0.223 e. The lowest BCUT2D eigenvalue weighted by atomic mass is 9.96. The minimum atomic E-state index is 0.0137. The van der Waals surface area contributed by atoms with Crippen LogP contribution in [-0.2, 0) is 16.1 Å². The number of hydrogen-bond acceptors (Lipinski definition) is 3. The van der Waals surface area contributed by atoms with E-state index < -0.39 is 0 Å². The molecule has 4 heteroatoms. The van der Waals surface area contributed by atoms with E-state index in [1.807, 2.05) is 24.3 Å². The van der Waals surface area contributed by atoms with Gasteiger partial charge >= 0.3 is 0 Å². The van der Waals surface area contributed by atoms with Gasteiger partial charge in [0.05, 0.1) is 12.7 Å². The Morgan fingerprint density at radius 1 is 1.35 bits per heavy atom. The number of ether oxygens (including phenoxy) is 1. The van der Waals surface area contributed by atoms with Crippen LogP contribution in [0.4, 0.5) is 0 Å².